The average molecular weight is 287 g/mol. The van der Waals surface area contributed by atoms with Crippen molar-refractivity contribution in [3.8, 4) is 11.5 Å². The molecule has 21 heavy (non-hydrogen) atoms. The first-order valence-corrected chi connectivity index (χ1v) is 7.23. The molecular formula is C16H21N3O2. The van der Waals surface area contributed by atoms with Crippen LogP contribution in [-0.2, 0) is 0 Å². The number of hydrogen-bond donors (Lipinski definition) is 1. The molecule has 4 rings (SSSR count). The number of hydrazone groups is 1. The van der Waals surface area contributed by atoms with Gasteiger partial charge in [0.15, 0.2) is 11.5 Å². The molecule has 112 valence electrons. The lowest BCUT2D eigenvalue weighted by Crippen LogP contribution is -2.46. The van der Waals surface area contributed by atoms with Gasteiger partial charge in [-0.25, -0.2) is 0 Å². The summed E-state index contributed by atoms with van der Waals surface area (Å²) in [4.78, 5) is 2.36. The normalized spacial score (nSPS) is 22.1. The molecule has 1 aromatic rings. The minimum absolute atomic E-state index is 0.506. The van der Waals surface area contributed by atoms with Gasteiger partial charge in [0.25, 0.3) is 0 Å². The number of hydrogen-bond acceptors (Lipinski definition) is 5. The molecule has 3 aliphatic rings. The van der Waals surface area contributed by atoms with Crippen LogP contribution < -0.4 is 15.3 Å². The Morgan fingerprint density at radius 1 is 1.19 bits per heavy atom. The molecule has 0 atom stereocenters. The fourth-order valence-electron chi connectivity index (χ4n) is 3.20. The van der Waals surface area contributed by atoms with Crippen LogP contribution in [0.1, 0.15) is 18.4 Å². The Hall–Kier alpha value is -2.17. The lowest BCUT2D eigenvalue weighted by molar-refractivity contribution is 0.242. The Morgan fingerprint density at radius 2 is 1.90 bits per heavy atom. The highest BCUT2D eigenvalue weighted by atomic mass is 16.5. The molecule has 3 saturated heterocycles. The number of rotatable bonds is 3. The number of nitrogens with two attached hydrogens (primary N) is 1. The molecule has 0 radical (unpaired) electrons. The molecule has 0 aromatic heterocycles. The Labute approximate surface area is 125 Å². The van der Waals surface area contributed by atoms with Crippen LogP contribution in [0.15, 0.2) is 29.0 Å². The van der Waals surface area contributed by atoms with Crippen LogP contribution in [0.5, 0.6) is 11.5 Å². The van der Waals surface area contributed by atoms with Crippen molar-refractivity contribution in [2.45, 2.75) is 12.8 Å². The number of allylic oxidation sites excluding steroid dienone is 1. The molecule has 3 aliphatic heterocycles. The zero-order chi connectivity index (χ0) is 14.8. The van der Waals surface area contributed by atoms with E-state index in [9.17, 15) is 0 Å². The van der Waals surface area contributed by atoms with Gasteiger partial charge >= 0.3 is 0 Å². The Morgan fingerprint density at radius 3 is 2.52 bits per heavy atom. The van der Waals surface area contributed by atoms with Gasteiger partial charge in [0.2, 0.25) is 0 Å². The standard InChI is InChI=1S/C16H21N3O2/c1-20-14-4-3-11(10-15(14)21-2)9-13-16(18-17)12-5-7-19(13)8-6-12/h3-4,9-10,12H,5-8,17H2,1-2H3. The monoisotopic (exact) mass is 287 g/mol. The number of piperidine rings is 3. The number of benzene rings is 1. The second kappa shape index (κ2) is 5.68. The van der Waals surface area contributed by atoms with Crippen LogP contribution in [0, 0.1) is 5.92 Å². The van der Waals surface area contributed by atoms with E-state index in [2.05, 4.69) is 16.1 Å². The fourth-order valence-corrected chi connectivity index (χ4v) is 3.20. The van der Waals surface area contributed by atoms with Crippen LogP contribution in [0.4, 0.5) is 0 Å². The molecule has 1 aromatic carbocycles. The minimum atomic E-state index is 0.506. The first kappa shape index (κ1) is 13.8. The molecule has 0 saturated carbocycles. The highest BCUT2D eigenvalue weighted by Gasteiger charge is 2.34. The van der Waals surface area contributed by atoms with E-state index in [0.717, 1.165) is 54.4 Å². The molecule has 2 bridgehead atoms. The maximum Gasteiger partial charge on any atom is 0.161 e. The van der Waals surface area contributed by atoms with Crippen molar-refractivity contribution >= 4 is 11.8 Å². The van der Waals surface area contributed by atoms with E-state index in [1.54, 1.807) is 14.2 Å². The molecule has 0 unspecified atom stereocenters. The molecule has 5 nitrogen and oxygen atoms in total. The maximum atomic E-state index is 5.61. The van der Waals surface area contributed by atoms with Gasteiger partial charge in [-0.1, -0.05) is 6.07 Å². The smallest absolute Gasteiger partial charge is 0.161 e. The number of methoxy groups -OCH3 is 2. The third kappa shape index (κ3) is 2.44. The van der Waals surface area contributed by atoms with Crippen molar-refractivity contribution in [1.82, 2.24) is 4.90 Å². The Kier molecular flexibility index (Phi) is 3.73. The van der Waals surface area contributed by atoms with E-state index < -0.39 is 0 Å². The van der Waals surface area contributed by atoms with Crippen molar-refractivity contribution in [1.29, 1.82) is 0 Å². The average Bonchev–Trinajstić information content (AvgIpc) is 2.55. The summed E-state index contributed by atoms with van der Waals surface area (Å²) in [5.74, 6) is 7.58. The number of nitrogens with zero attached hydrogens (tertiary/aromatic N) is 2. The van der Waals surface area contributed by atoms with Crippen LogP contribution >= 0.6 is 0 Å². The molecule has 3 heterocycles. The van der Waals surface area contributed by atoms with E-state index in [4.69, 9.17) is 15.3 Å². The Balaban J connectivity index is 1.97. The second-order valence-electron chi connectivity index (χ2n) is 5.42. The third-order valence-electron chi connectivity index (χ3n) is 4.33. The summed E-state index contributed by atoms with van der Waals surface area (Å²) in [6.45, 7) is 2.17. The van der Waals surface area contributed by atoms with Crippen LogP contribution in [0.25, 0.3) is 6.08 Å². The van der Waals surface area contributed by atoms with Crippen molar-refractivity contribution < 1.29 is 9.47 Å². The summed E-state index contributed by atoms with van der Waals surface area (Å²) in [6, 6.07) is 5.91. The third-order valence-corrected chi connectivity index (χ3v) is 4.33. The summed E-state index contributed by atoms with van der Waals surface area (Å²) in [7, 11) is 3.29. The maximum absolute atomic E-state index is 5.61. The Bertz CT molecular complexity index is 587. The summed E-state index contributed by atoms with van der Waals surface area (Å²) in [5, 5.41) is 4.03. The van der Waals surface area contributed by atoms with Gasteiger partial charge in [-0.2, -0.15) is 5.10 Å². The van der Waals surface area contributed by atoms with Gasteiger partial charge in [0, 0.05) is 19.0 Å². The zero-order valence-electron chi connectivity index (χ0n) is 12.5. The predicted octanol–water partition coefficient (Wildman–Crippen LogP) is 2.08. The fraction of sp³-hybridized carbons (Fsp3) is 0.438. The van der Waals surface area contributed by atoms with E-state index in [1.165, 1.54) is 0 Å². The molecule has 2 N–H and O–H groups in total. The molecule has 5 heteroatoms. The van der Waals surface area contributed by atoms with E-state index in [-0.39, 0.29) is 0 Å². The summed E-state index contributed by atoms with van der Waals surface area (Å²) in [6.07, 6.45) is 4.44. The van der Waals surface area contributed by atoms with Crippen molar-refractivity contribution in [2.24, 2.45) is 16.9 Å². The quantitative estimate of drug-likeness (QED) is 0.683. The highest BCUT2D eigenvalue weighted by Crippen LogP contribution is 2.34. The number of fused-ring (bicyclic) bond motifs is 3. The van der Waals surface area contributed by atoms with Crippen LogP contribution in [0.3, 0.4) is 0 Å². The first-order chi connectivity index (χ1) is 10.3. The molecule has 0 spiro atoms. The minimum Gasteiger partial charge on any atom is -0.493 e. The first-order valence-electron chi connectivity index (χ1n) is 7.23. The SMILES string of the molecule is COc1ccc(C=C2C(=NN)C3CCN2CC3)cc1OC. The molecular weight excluding hydrogens is 266 g/mol. The van der Waals surface area contributed by atoms with Gasteiger partial charge in [0.1, 0.15) is 0 Å². The summed E-state index contributed by atoms with van der Waals surface area (Å²) in [5.41, 5.74) is 3.24. The molecule has 0 aliphatic carbocycles. The summed E-state index contributed by atoms with van der Waals surface area (Å²) < 4.78 is 10.6. The van der Waals surface area contributed by atoms with Gasteiger partial charge in [-0.05, 0) is 36.6 Å². The lowest BCUT2D eigenvalue weighted by atomic mass is 9.83. The van der Waals surface area contributed by atoms with Gasteiger partial charge in [-0.3, -0.25) is 0 Å². The van der Waals surface area contributed by atoms with E-state index in [0.29, 0.717) is 5.92 Å². The lowest BCUT2D eigenvalue weighted by Gasteiger charge is -2.43. The largest absolute Gasteiger partial charge is 0.493 e. The van der Waals surface area contributed by atoms with Crippen molar-refractivity contribution in [3.05, 3.63) is 29.5 Å². The van der Waals surface area contributed by atoms with Gasteiger partial charge < -0.3 is 20.2 Å². The number of ether oxygens (including phenoxy) is 2. The van der Waals surface area contributed by atoms with Crippen LogP contribution in [-0.4, -0.2) is 37.9 Å². The zero-order valence-corrected chi connectivity index (χ0v) is 12.5. The van der Waals surface area contributed by atoms with Crippen molar-refractivity contribution in [2.75, 3.05) is 27.3 Å². The van der Waals surface area contributed by atoms with Gasteiger partial charge in [-0.15, -0.1) is 0 Å². The van der Waals surface area contributed by atoms with Crippen LogP contribution in [0.2, 0.25) is 0 Å². The van der Waals surface area contributed by atoms with Crippen molar-refractivity contribution in [3.63, 3.8) is 0 Å². The molecule has 0 amide bonds. The topological polar surface area (TPSA) is 60.1 Å². The van der Waals surface area contributed by atoms with E-state index >= 15 is 0 Å². The summed E-state index contributed by atoms with van der Waals surface area (Å²) >= 11 is 0. The van der Waals surface area contributed by atoms with Gasteiger partial charge in [0.05, 0.1) is 25.6 Å². The second-order valence-corrected chi connectivity index (χ2v) is 5.42. The highest BCUT2D eigenvalue weighted by molar-refractivity contribution is 6.05. The predicted molar refractivity (Wildman–Crippen MR) is 83.4 cm³/mol. The molecule has 3 fully saturated rings. The van der Waals surface area contributed by atoms with E-state index in [1.807, 2.05) is 18.2 Å².